The molecule has 0 amide bonds. The van der Waals surface area contributed by atoms with E-state index in [1.165, 1.54) is 25.7 Å². The van der Waals surface area contributed by atoms with Crippen LogP contribution in [-0.2, 0) is 6.42 Å². The number of rotatable bonds is 6. The van der Waals surface area contributed by atoms with Crippen molar-refractivity contribution in [1.29, 1.82) is 0 Å². The fraction of sp³-hybridized carbons (Fsp3) is 0.733. The normalized spacial score (nSPS) is 22.1. The maximum Gasteiger partial charge on any atom is 0.252 e. The third-order valence-corrected chi connectivity index (χ3v) is 4.21. The van der Waals surface area contributed by atoms with Crippen LogP contribution in [0.1, 0.15) is 38.4 Å². The van der Waals surface area contributed by atoms with Gasteiger partial charge in [-0.1, -0.05) is 6.92 Å². The van der Waals surface area contributed by atoms with Crippen LogP contribution in [0.2, 0.25) is 0 Å². The third-order valence-electron chi connectivity index (χ3n) is 4.21. The van der Waals surface area contributed by atoms with Crippen LogP contribution < -0.4 is 15.8 Å². The molecule has 1 aliphatic heterocycles. The smallest absolute Gasteiger partial charge is 0.252 e. The van der Waals surface area contributed by atoms with Crippen LogP contribution in [0.4, 0.5) is 5.82 Å². The van der Waals surface area contributed by atoms with Gasteiger partial charge in [0.2, 0.25) is 0 Å². The molecule has 20 heavy (non-hydrogen) atoms. The number of aryl methyl sites for hydroxylation is 1. The topological polar surface area (TPSA) is 61.0 Å². The molecule has 1 aromatic rings. The first kappa shape index (κ1) is 13.6. The molecule has 0 bridgehead atoms. The van der Waals surface area contributed by atoms with Crippen LogP contribution >= 0.6 is 0 Å². The monoisotopic (exact) mass is 276 g/mol. The molecule has 3 rings (SSSR count). The molecule has 1 saturated carbocycles. The van der Waals surface area contributed by atoms with E-state index in [-0.39, 0.29) is 5.56 Å². The molecule has 5 heteroatoms. The molecule has 2 heterocycles. The molecule has 5 nitrogen and oxygen atoms in total. The molecule has 1 aliphatic carbocycles. The van der Waals surface area contributed by atoms with Crippen molar-refractivity contribution in [3.05, 3.63) is 22.2 Å². The van der Waals surface area contributed by atoms with E-state index in [4.69, 9.17) is 0 Å². The van der Waals surface area contributed by atoms with Gasteiger partial charge in [-0.05, 0) is 38.1 Å². The van der Waals surface area contributed by atoms with Gasteiger partial charge in [0.25, 0.3) is 5.56 Å². The fourth-order valence-corrected chi connectivity index (χ4v) is 2.88. The molecule has 2 fully saturated rings. The highest BCUT2D eigenvalue weighted by atomic mass is 16.1. The summed E-state index contributed by atoms with van der Waals surface area (Å²) in [6.45, 7) is 5.14. The number of aromatic amines is 1. The Hall–Kier alpha value is -1.36. The number of aromatic nitrogens is 2. The second kappa shape index (κ2) is 5.95. The maximum atomic E-state index is 11.8. The molecule has 1 unspecified atom stereocenters. The van der Waals surface area contributed by atoms with E-state index in [2.05, 4.69) is 20.2 Å². The Morgan fingerprint density at radius 2 is 2.20 bits per heavy atom. The number of nitrogens with one attached hydrogen (secondary N) is 2. The second-order valence-corrected chi connectivity index (χ2v) is 6.05. The van der Waals surface area contributed by atoms with Crippen molar-refractivity contribution in [3.63, 3.8) is 0 Å². The summed E-state index contributed by atoms with van der Waals surface area (Å²) >= 11 is 0. The van der Waals surface area contributed by atoms with E-state index >= 15 is 0 Å². The summed E-state index contributed by atoms with van der Waals surface area (Å²) in [6.07, 6.45) is 5.88. The van der Waals surface area contributed by atoms with Gasteiger partial charge in [-0.2, -0.15) is 0 Å². The fourth-order valence-electron chi connectivity index (χ4n) is 2.88. The molecule has 0 radical (unpaired) electrons. The average molecular weight is 276 g/mol. The number of hydrogen-bond donors (Lipinski definition) is 2. The highest BCUT2D eigenvalue weighted by molar-refractivity contribution is 5.38. The van der Waals surface area contributed by atoms with Crippen molar-refractivity contribution >= 4 is 5.82 Å². The molecule has 2 aliphatic rings. The summed E-state index contributed by atoms with van der Waals surface area (Å²) < 4.78 is 0. The molecular formula is C15H24N4O. The van der Waals surface area contributed by atoms with E-state index in [9.17, 15) is 4.79 Å². The van der Waals surface area contributed by atoms with Gasteiger partial charge in [0.1, 0.15) is 11.6 Å². The summed E-state index contributed by atoms with van der Waals surface area (Å²) in [4.78, 5) is 21.5. The maximum absolute atomic E-state index is 11.8. The largest absolute Gasteiger partial charge is 0.355 e. The average Bonchev–Trinajstić information content (AvgIpc) is 3.11. The minimum atomic E-state index is -0.0352. The van der Waals surface area contributed by atoms with Crippen molar-refractivity contribution in [2.24, 2.45) is 5.92 Å². The zero-order valence-corrected chi connectivity index (χ0v) is 12.2. The predicted octanol–water partition coefficient (Wildman–Crippen LogP) is 1.30. The standard InChI is InChI=1S/C15H24N4O/c1-2-13-17-14(8-15(20)18-13)19(9-11-5-6-11)10-12-4-3-7-16-12/h8,11-12,16H,2-7,9-10H2,1H3,(H,17,18,20). The number of hydrogen-bond acceptors (Lipinski definition) is 4. The Morgan fingerprint density at radius 1 is 1.35 bits per heavy atom. The molecule has 110 valence electrons. The van der Waals surface area contributed by atoms with Gasteiger partial charge in [-0.25, -0.2) is 4.98 Å². The molecule has 1 saturated heterocycles. The number of H-pyrrole nitrogens is 1. The van der Waals surface area contributed by atoms with Gasteiger partial charge in [0.15, 0.2) is 0 Å². The Morgan fingerprint density at radius 3 is 2.85 bits per heavy atom. The quantitative estimate of drug-likeness (QED) is 0.822. The molecule has 2 N–H and O–H groups in total. The van der Waals surface area contributed by atoms with E-state index < -0.39 is 0 Å². The van der Waals surface area contributed by atoms with Gasteiger partial charge in [0, 0.05) is 31.6 Å². The summed E-state index contributed by atoms with van der Waals surface area (Å²) in [7, 11) is 0. The van der Waals surface area contributed by atoms with Gasteiger partial charge < -0.3 is 15.2 Å². The lowest BCUT2D eigenvalue weighted by Crippen LogP contribution is -2.39. The van der Waals surface area contributed by atoms with Crippen LogP contribution in [0.15, 0.2) is 10.9 Å². The van der Waals surface area contributed by atoms with Crippen molar-refractivity contribution in [2.45, 2.75) is 45.1 Å². The van der Waals surface area contributed by atoms with Crippen molar-refractivity contribution in [1.82, 2.24) is 15.3 Å². The van der Waals surface area contributed by atoms with Crippen LogP contribution in [0.3, 0.4) is 0 Å². The third kappa shape index (κ3) is 3.39. The summed E-state index contributed by atoms with van der Waals surface area (Å²) in [6, 6.07) is 2.19. The molecule has 1 atom stereocenters. The summed E-state index contributed by atoms with van der Waals surface area (Å²) in [5, 5.41) is 3.54. The Balaban J connectivity index is 1.79. The van der Waals surface area contributed by atoms with Crippen LogP contribution in [-0.4, -0.2) is 35.6 Å². The summed E-state index contributed by atoms with van der Waals surface area (Å²) in [5.41, 5.74) is -0.0352. The van der Waals surface area contributed by atoms with Gasteiger partial charge in [0.05, 0.1) is 0 Å². The van der Waals surface area contributed by atoms with Gasteiger partial charge in [-0.15, -0.1) is 0 Å². The number of nitrogens with zero attached hydrogens (tertiary/aromatic N) is 2. The highest BCUT2D eigenvalue weighted by Gasteiger charge is 2.27. The lowest BCUT2D eigenvalue weighted by atomic mass is 10.2. The second-order valence-electron chi connectivity index (χ2n) is 6.05. The van der Waals surface area contributed by atoms with E-state index in [1.54, 1.807) is 6.07 Å². The number of anilines is 1. The van der Waals surface area contributed by atoms with E-state index in [1.807, 2.05) is 6.92 Å². The first-order valence-corrected chi connectivity index (χ1v) is 7.83. The Bertz CT molecular complexity index is 503. The lowest BCUT2D eigenvalue weighted by molar-refractivity contribution is 0.566. The van der Waals surface area contributed by atoms with Gasteiger partial charge >= 0.3 is 0 Å². The molecular weight excluding hydrogens is 252 g/mol. The first-order chi connectivity index (χ1) is 9.74. The lowest BCUT2D eigenvalue weighted by Gasteiger charge is -2.27. The SMILES string of the molecule is CCc1nc(N(CC2CC2)CC2CCCN2)cc(=O)[nH]1. The molecule has 0 spiro atoms. The predicted molar refractivity (Wildman–Crippen MR) is 80.2 cm³/mol. The van der Waals surface area contributed by atoms with Crippen LogP contribution in [0.25, 0.3) is 0 Å². The van der Waals surface area contributed by atoms with Crippen LogP contribution in [0, 0.1) is 5.92 Å². The van der Waals surface area contributed by atoms with Crippen LogP contribution in [0.5, 0.6) is 0 Å². The highest BCUT2D eigenvalue weighted by Crippen LogP contribution is 2.31. The van der Waals surface area contributed by atoms with E-state index in [0.717, 1.165) is 43.6 Å². The molecule has 0 aromatic carbocycles. The Kier molecular flexibility index (Phi) is 4.05. The minimum absolute atomic E-state index is 0.0352. The van der Waals surface area contributed by atoms with E-state index in [0.29, 0.717) is 6.04 Å². The van der Waals surface area contributed by atoms with Gasteiger partial charge in [-0.3, -0.25) is 4.79 Å². The zero-order chi connectivity index (χ0) is 13.9. The summed E-state index contributed by atoms with van der Waals surface area (Å²) in [5.74, 6) is 2.43. The van der Waals surface area contributed by atoms with Crippen molar-refractivity contribution in [2.75, 3.05) is 24.5 Å². The zero-order valence-electron chi connectivity index (χ0n) is 12.2. The van der Waals surface area contributed by atoms with Crippen molar-refractivity contribution < 1.29 is 0 Å². The Labute approximate surface area is 119 Å². The van der Waals surface area contributed by atoms with Crippen molar-refractivity contribution in [3.8, 4) is 0 Å². The minimum Gasteiger partial charge on any atom is -0.355 e. The first-order valence-electron chi connectivity index (χ1n) is 7.83. The molecule has 1 aromatic heterocycles.